The fraction of sp³-hybridized carbons (Fsp3) is 0.158. The van der Waals surface area contributed by atoms with E-state index in [1.807, 2.05) is 0 Å². The minimum absolute atomic E-state index is 0.208. The maximum atomic E-state index is 14.1. The predicted molar refractivity (Wildman–Crippen MR) is 103 cm³/mol. The SMILES string of the molecule is O=c1[nH]c(O)c(C=c2cnn3c(=NC4CC4)cc(Nc4ccccc4F)nc23)[nH]1. The van der Waals surface area contributed by atoms with Gasteiger partial charge in [-0.15, -0.1) is 0 Å². The number of aromatic nitrogens is 5. The van der Waals surface area contributed by atoms with Gasteiger partial charge in [-0.3, -0.25) is 9.98 Å². The highest BCUT2D eigenvalue weighted by molar-refractivity contribution is 5.61. The van der Waals surface area contributed by atoms with Crippen molar-refractivity contribution in [2.45, 2.75) is 18.9 Å². The molecule has 4 N–H and O–H groups in total. The van der Waals surface area contributed by atoms with Gasteiger partial charge in [0, 0.05) is 11.3 Å². The molecular weight excluding hydrogens is 377 g/mol. The van der Waals surface area contributed by atoms with Gasteiger partial charge in [-0.25, -0.2) is 14.2 Å². The van der Waals surface area contributed by atoms with Crippen molar-refractivity contribution in [1.82, 2.24) is 24.6 Å². The number of anilines is 2. The Kier molecular flexibility index (Phi) is 3.90. The smallest absolute Gasteiger partial charge is 0.326 e. The first-order valence-corrected chi connectivity index (χ1v) is 9.04. The lowest BCUT2D eigenvalue weighted by molar-refractivity contribution is 0.454. The van der Waals surface area contributed by atoms with Crippen LogP contribution in [0.1, 0.15) is 18.5 Å². The lowest BCUT2D eigenvalue weighted by Gasteiger charge is -2.07. The maximum absolute atomic E-state index is 14.1. The molecule has 0 radical (unpaired) electrons. The van der Waals surface area contributed by atoms with E-state index < -0.39 is 11.5 Å². The van der Waals surface area contributed by atoms with Crippen LogP contribution in [0.5, 0.6) is 5.88 Å². The number of H-pyrrole nitrogens is 2. The van der Waals surface area contributed by atoms with Gasteiger partial charge in [0.1, 0.15) is 17.3 Å². The molecule has 9 nitrogen and oxygen atoms in total. The van der Waals surface area contributed by atoms with Gasteiger partial charge in [0.15, 0.2) is 11.1 Å². The summed E-state index contributed by atoms with van der Waals surface area (Å²) in [7, 11) is 0. The molecule has 29 heavy (non-hydrogen) atoms. The zero-order valence-electron chi connectivity index (χ0n) is 15.1. The Hall–Kier alpha value is -3.95. The molecule has 0 amide bonds. The average molecular weight is 393 g/mol. The number of aromatic amines is 2. The highest BCUT2D eigenvalue weighted by Gasteiger charge is 2.20. The molecule has 0 spiro atoms. The van der Waals surface area contributed by atoms with Gasteiger partial charge in [-0.1, -0.05) is 12.1 Å². The number of hydrogen-bond acceptors (Lipinski definition) is 6. The molecule has 1 aliphatic rings. The van der Waals surface area contributed by atoms with E-state index in [1.165, 1.54) is 6.07 Å². The van der Waals surface area contributed by atoms with Crippen LogP contribution in [0.2, 0.25) is 0 Å². The highest BCUT2D eigenvalue weighted by Crippen LogP contribution is 2.23. The molecule has 5 rings (SSSR count). The molecular formula is C19H16FN7O2. The van der Waals surface area contributed by atoms with Gasteiger partial charge in [0.25, 0.3) is 0 Å². The van der Waals surface area contributed by atoms with Crippen molar-refractivity contribution < 1.29 is 9.50 Å². The lowest BCUT2D eigenvalue weighted by Crippen LogP contribution is -2.20. The quantitative estimate of drug-likeness (QED) is 0.411. The molecule has 0 bridgehead atoms. The fourth-order valence-corrected chi connectivity index (χ4v) is 2.96. The fourth-order valence-electron chi connectivity index (χ4n) is 2.96. The first kappa shape index (κ1) is 17.2. The summed E-state index contributed by atoms with van der Waals surface area (Å²) in [5, 5.41) is 17.7. The first-order chi connectivity index (χ1) is 14.1. The van der Waals surface area contributed by atoms with Crippen LogP contribution < -0.4 is 21.7 Å². The van der Waals surface area contributed by atoms with Crippen molar-refractivity contribution in [2.75, 3.05) is 5.32 Å². The Morgan fingerprint density at radius 2 is 2.14 bits per heavy atom. The molecule has 1 fully saturated rings. The van der Waals surface area contributed by atoms with Crippen LogP contribution in [0.4, 0.5) is 15.9 Å². The van der Waals surface area contributed by atoms with Gasteiger partial charge >= 0.3 is 5.69 Å². The number of nitrogens with one attached hydrogen (secondary N) is 3. The number of fused-ring (bicyclic) bond motifs is 1. The van der Waals surface area contributed by atoms with Crippen LogP contribution in [0, 0.1) is 5.82 Å². The Bertz CT molecular complexity index is 1400. The molecule has 3 aromatic heterocycles. The van der Waals surface area contributed by atoms with Gasteiger partial charge in [0.05, 0.1) is 17.9 Å². The monoisotopic (exact) mass is 393 g/mol. The molecule has 4 aromatic rings. The van der Waals surface area contributed by atoms with Crippen LogP contribution in [0.3, 0.4) is 0 Å². The van der Waals surface area contributed by atoms with Gasteiger partial charge in [0.2, 0.25) is 5.88 Å². The van der Waals surface area contributed by atoms with Crippen LogP contribution >= 0.6 is 0 Å². The maximum Gasteiger partial charge on any atom is 0.326 e. The van der Waals surface area contributed by atoms with Crippen LogP contribution in [-0.2, 0) is 0 Å². The summed E-state index contributed by atoms with van der Waals surface area (Å²) in [6.07, 6.45) is 5.14. The van der Waals surface area contributed by atoms with E-state index in [-0.39, 0.29) is 17.6 Å². The standard InChI is InChI=1S/C19H16FN7O2/c20-12-3-1-2-4-13(12)23-15-8-16(22-11-5-6-11)27-17(25-15)10(9-21-27)7-14-18(28)26-19(29)24-14/h1-4,7-9,11,23,28H,5-6H2,(H2,24,26,29). The third-order valence-electron chi connectivity index (χ3n) is 4.51. The van der Waals surface area contributed by atoms with E-state index in [4.69, 9.17) is 0 Å². The summed E-state index contributed by atoms with van der Waals surface area (Å²) in [6.45, 7) is 0. The van der Waals surface area contributed by atoms with Crippen molar-refractivity contribution in [3.05, 3.63) is 69.2 Å². The Morgan fingerprint density at radius 3 is 2.86 bits per heavy atom. The summed E-state index contributed by atoms with van der Waals surface area (Å²) in [5.74, 6) is -0.271. The highest BCUT2D eigenvalue weighted by atomic mass is 19.1. The van der Waals surface area contributed by atoms with E-state index in [0.29, 0.717) is 27.9 Å². The summed E-state index contributed by atoms with van der Waals surface area (Å²) in [4.78, 5) is 25.3. The number of benzene rings is 1. The van der Waals surface area contributed by atoms with Crippen molar-refractivity contribution in [3.8, 4) is 5.88 Å². The van der Waals surface area contributed by atoms with Gasteiger partial charge < -0.3 is 15.4 Å². The van der Waals surface area contributed by atoms with E-state index in [1.54, 1.807) is 41.1 Å². The van der Waals surface area contributed by atoms with E-state index >= 15 is 0 Å². The van der Waals surface area contributed by atoms with Gasteiger partial charge in [-0.2, -0.15) is 9.61 Å². The first-order valence-electron chi connectivity index (χ1n) is 9.04. The van der Waals surface area contributed by atoms with Crippen LogP contribution in [-0.4, -0.2) is 35.7 Å². The zero-order chi connectivity index (χ0) is 20.0. The third kappa shape index (κ3) is 3.35. The second-order valence-corrected chi connectivity index (χ2v) is 6.79. The molecule has 0 saturated heterocycles. The molecule has 0 atom stereocenters. The zero-order valence-corrected chi connectivity index (χ0v) is 15.1. The number of imidazole rings is 1. The largest absolute Gasteiger partial charge is 0.493 e. The molecule has 3 heterocycles. The molecule has 1 saturated carbocycles. The molecule has 1 aliphatic carbocycles. The van der Waals surface area contributed by atoms with Crippen molar-refractivity contribution in [3.63, 3.8) is 0 Å². The lowest BCUT2D eigenvalue weighted by atomic mass is 10.3. The molecule has 146 valence electrons. The summed E-state index contributed by atoms with van der Waals surface area (Å²) in [5.41, 5.74) is 1.01. The number of nitrogens with zero attached hydrogens (tertiary/aromatic N) is 4. The minimum atomic E-state index is -0.524. The van der Waals surface area contributed by atoms with Crippen molar-refractivity contribution >= 4 is 23.2 Å². The van der Waals surface area contributed by atoms with E-state index in [2.05, 4.69) is 30.4 Å². The van der Waals surface area contributed by atoms with Crippen molar-refractivity contribution in [1.29, 1.82) is 0 Å². The predicted octanol–water partition coefficient (Wildman–Crippen LogP) is 0.945. The molecule has 1 aromatic carbocycles. The normalized spacial score (nSPS) is 15.3. The number of rotatable bonds is 4. The minimum Gasteiger partial charge on any atom is -0.493 e. The molecule has 0 unspecified atom stereocenters. The van der Waals surface area contributed by atoms with Crippen LogP contribution in [0.25, 0.3) is 11.7 Å². The topological polar surface area (TPSA) is 123 Å². The van der Waals surface area contributed by atoms with Gasteiger partial charge in [-0.05, 0) is 31.1 Å². The molecule has 0 aliphatic heterocycles. The number of para-hydroxylation sites is 1. The average Bonchev–Trinajstić information content (AvgIpc) is 3.33. The summed E-state index contributed by atoms with van der Waals surface area (Å²) < 4.78 is 15.6. The third-order valence-corrected chi connectivity index (χ3v) is 4.51. The second kappa shape index (κ2) is 6.59. The van der Waals surface area contributed by atoms with Crippen molar-refractivity contribution in [2.24, 2.45) is 4.99 Å². The van der Waals surface area contributed by atoms with E-state index in [9.17, 15) is 14.3 Å². The summed E-state index contributed by atoms with van der Waals surface area (Å²) in [6, 6.07) is 8.26. The Balaban J connectivity index is 1.70. The second-order valence-electron chi connectivity index (χ2n) is 6.79. The number of halogens is 1. The summed E-state index contributed by atoms with van der Waals surface area (Å²) >= 11 is 0. The van der Waals surface area contributed by atoms with E-state index in [0.717, 1.165) is 12.8 Å². The number of hydrogen-bond donors (Lipinski definition) is 4. The van der Waals surface area contributed by atoms with Crippen LogP contribution in [0.15, 0.2) is 46.3 Å². The molecule has 10 heteroatoms. The Morgan fingerprint density at radius 1 is 1.31 bits per heavy atom. The number of aromatic hydroxyl groups is 1. The Labute approximate surface area is 162 Å².